The third-order valence-corrected chi connectivity index (χ3v) is 9.65. The monoisotopic (exact) mass is 632 g/mol. The summed E-state index contributed by atoms with van der Waals surface area (Å²) in [4.78, 5) is 24.1. The van der Waals surface area contributed by atoms with Crippen LogP contribution in [0.15, 0.2) is 22.7 Å². The van der Waals surface area contributed by atoms with Crippen LogP contribution in [0.5, 0.6) is 0 Å². The third-order valence-electron chi connectivity index (χ3n) is 9.65. The first-order chi connectivity index (χ1) is 15.1. The molecule has 0 aromatic heterocycles. The number of hydrogen-bond acceptors (Lipinski definition) is 4. The third kappa shape index (κ3) is 4.17. The summed E-state index contributed by atoms with van der Waals surface area (Å²) in [5.74, 6) is -6.17. The number of alkyl halides is 6. The number of ketones is 2. The van der Waals surface area contributed by atoms with Gasteiger partial charge in [-0.2, -0.15) is 26.3 Å². The van der Waals surface area contributed by atoms with Gasteiger partial charge in [0.1, 0.15) is 0 Å². The molecule has 4 atom stereocenters. The zero-order chi connectivity index (χ0) is 26.4. The maximum absolute atomic E-state index is 12.5. The molecule has 0 amide bonds. The van der Waals surface area contributed by atoms with Crippen molar-refractivity contribution in [3.63, 3.8) is 0 Å². The van der Waals surface area contributed by atoms with Crippen molar-refractivity contribution < 1.29 is 46.1 Å². The van der Waals surface area contributed by atoms with Crippen LogP contribution in [-0.4, -0.2) is 72.8 Å². The molecule has 192 valence electrons. The maximum Gasteiger partial charge on any atom is 2.00 e. The van der Waals surface area contributed by atoms with Crippen LogP contribution < -0.4 is 10.2 Å². The second kappa shape index (κ2) is 8.81. The van der Waals surface area contributed by atoms with Crippen molar-refractivity contribution in [1.82, 2.24) is 0 Å². The molecular formula is C24H28BaF6O4. The first kappa shape index (κ1) is 30.8. The van der Waals surface area contributed by atoms with Crippen LogP contribution >= 0.6 is 0 Å². The Kier molecular flexibility index (Phi) is 7.75. The Morgan fingerprint density at radius 1 is 0.686 bits per heavy atom. The maximum atomic E-state index is 12.5. The van der Waals surface area contributed by atoms with Crippen LogP contribution in [0.2, 0.25) is 0 Å². The molecule has 0 radical (unpaired) electrons. The van der Waals surface area contributed by atoms with Crippen LogP contribution in [0.25, 0.3) is 0 Å². The predicted octanol–water partition coefficient (Wildman–Crippen LogP) is 4.00. The summed E-state index contributed by atoms with van der Waals surface area (Å²) in [5.41, 5.74) is -3.77. The summed E-state index contributed by atoms with van der Waals surface area (Å²) in [6.07, 6.45) is -7.76. The van der Waals surface area contributed by atoms with Gasteiger partial charge >= 0.3 is 61.2 Å². The molecule has 0 saturated heterocycles. The van der Waals surface area contributed by atoms with Gasteiger partial charge in [0, 0.05) is 10.8 Å². The van der Waals surface area contributed by atoms with Gasteiger partial charge in [-0.3, -0.25) is 9.59 Å². The molecule has 0 aromatic carbocycles. The van der Waals surface area contributed by atoms with Crippen LogP contribution in [0.3, 0.4) is 0 Å². The molecule has 0 heterocycles. The molecule has 4 aliphatic rings. The zero-order valence-electron chi connectivity index (χ0n) is 20.6. The molecule has 35 heavy (non-hydrogen) atoms. The number of rotatable bonds is 0. The summed E-state index contributed by atoms with van der Waals surface area (Å²) in [6.45, 7) is 10.5. The van der Waals surface area contributed by atoms with Gasteiger partial charge in [0.05, 0.1) is 0 Å². The normalized spacial score (nSPS) is 37.6. The quantitative estimate of drug-likeness (QED) is 0.175. The Balaban J connectivity index is 0.000000240. The fourth-order valence-electron chi connectivity index (χ4n) is 6.56. The second-order valence-electron chi connectivity index (χ2n) is 11.4. The minimum absolute atomic E-state index is 0. The summed E-state index contributed by atoms with van der Waals surface area (Å²) in [7, 11) is 0. The number of fused-ring (bicyclic) bond motifs is 4. The molecule has 4 saturated carbocycles. The summed E-state index contributed by atoms with van der Waals surface area (Å²) >= 11 is 0. The van der Waals surface area contributed by atoms with E-state index in [0.717, 1.165) is 0 Å². The first-order valence-electron chi connectivity index (χ1n) is 11.1. The number of hydrogen-bond donors (Lipinski definition) is 0. The van der Waals surface area contributed by atoms with Gasteiger partial charge in [-0.15, -0.1) is 0 Å². The average molecular weight is 632 g/mol. The topological polar surface area (TPSA) is 80.3 Å². The second-order valence-corrected chi connectivity index (χ2v) is 11.4. The predicted molar refractivity (Wildman–Crippen MR) is 111 cm³/mol. The minimum Gasteiger partial charge on any atom is -0.869 e. The molecule has 0 N–H and O–H groups in total. The molecule has 4 aliphatic carbocycles. The van der Waals surface area contributed by atoms with E-state index in [4.69, 9.17) is 0 Å². The van der Waals surface area contributed by atoms with E-state index in [9.17, 15) is 46.1 Å². The Morgan fingerprint density at radius 2 is 0.943 bits per heavy atom. The number of Topliss-reactive ketones (excluding diaryl/α,β-unsaturated/α-hetero) is 2. The molecule has 0 aromatic rings. The van der Waals surface area contributed by atoms with E-state index in [1.54, 1.807) is 41.5 Å². The number of allylic oxidation sites excluding steroid dienone is 4. The molecule has 4 nitrogen and oxygen atoms in total. The molecule has 4 unspecified atom stereocenters. The van der Waals surface area contributed by atoms with E-state index in [2.05, 4.69) is 0 Å². The van der Waals surface area contributed by atoms with Gasteiger partial charge in [-0.05, 0) is 71.0 Å². The summed E-state index contributed by atoms with van der Waals surface area (Å²) in [6, 6.07) is 0. The molecule has 0 aliphatic heterocycles. The Bertz CT molecular complexity index is 926. The van der Waals surface area contributed by atoms with E-state index in [-0.39, 0.29) is 48.9 Å². The van der Waals surface area contributed by atoms with Gasteiger partial charge in [-0.25, -0.2) is 0 Å². The van der Waals surface area contributed by atoms with Crippen molar-refractivity contribution in [3.05, 3.63) is 22.7 Å². The van der Waals surface area contributed by atoms with Crippen LogP contribution in [0.4, 0.5) is 26.3 Å². The number of carbonyl (C=O) groups is 2. The van der Waals surface area contributed by atoms with Gasteiger partial charge in [0.15, 0.2) is 11.6 Å². The van der Waals surface area contributed by atoms with Crippen molar-refractivity contribution >= 4 is 60.4 Å². The van der Waals surface area contributed by atoms with E-state index in [1.807, 2.05) is 0 Å². The fourth-order valence-corrected chi connectivity index (χ4v) is 6.56. The van der Waals surface area contributed by atoms with Crippen molar-refractivity contribution in [2.24, 2.45) is 33.5 Å². The Morgan fingerprint density at radius 3 is 1.11 bits per heavy atom. The molecule has 4 bridgehead atoms. The van der Waals surface area contributed by atoms with Gasteiger partial charge in [0.2, 0.25) is 0 Å². The van der Waals surface area contributed by atoms with Crippen molar-refractivity contribution in [2.75, 3.05) is 0 Å². The zero-order valence-corrected chi connectivity index (χ0v) is 25.0. The van der Waals surface area contributed by atoms with Gasteiger partial charge in [-0.1, -0.05) is 41.5 Å². The Hall–Kier alpha value is -0.429. The first-order valence-corrected chi connectivity index (χ1v) is 11.1. The summed E-state index contributed by atoms with van der Waals surface area (Å²) in [5, 5.41) is 22.6. The largest absolute Gasteiger partial charge is 2.00 e. The van der Waals surface area contributed by atoms with E-state index < -0.39 is 80.1 Å². The smallest absolute Gasteiger partial charge is 0.869 e. The van der Waals surface area contributed by atoms with Crippen LogP contribution in [0, 0.1) is 33.5 Å². The Labute approximate surface area is 240 Å². The summed E-state index contributed by atoms with van der Waals surface area (Å²) < 4.78 is 74.7. The van der Waals surface area contributed by atoms with E-state index in [0.29, 0.717) is 25.7 Å². The minimum atomic E-state index is -4.94. The van der Waals surface area contributed by atoms with Crippen molar-refractivity contribution in [1.29, 1.82) is 0 Å². The van der Waals surface area contributed by atoms with Gasteiger partial charge in [0.25, 0.3) is 0 Å². The number of halogens is 6. The SMILES string of the molecule is CC12CCC(C(=C([O-])C(F)(F)F)C1=O)C2(C)C.CC12CCC(C(=C([O-])C(F)(F)F)C1=O)C2(C)C.[Ba+2]. The van der Waals surface area contributed by atoms with Crippen molar-refractivity contribution in [2.45, 2.75) is 79.6 Å². The van der Waals surface area contributed by atoms with E-state index >= 15 is 0 Å². The van der Waals surface area contributed by atoms with Crippen molar-refractivity contribution in [3.8, 4) is 0 Å². The molecule has 4 fully saturated rings. The standard InChI is InChI=1S/2C12H15F3O2.Ba/c2*1-10(2)6-4-5-11(10,3)8(16)7(6)9(17)12(13,14)15;/h2*6,17H,4-5H2,1-3H3;/q;;+2/p-2. The molecule has 4 rings (SSSR count). The fraction of sp³-hybridized carbons (Fsp3) is 0.750. The molecule has 0 spiro atoms. The molecule has 11 heteroatoms. The van der Waals surface area contributed by atoms with Gasteiger partial charge < -0.3 is 10.2 Å². The van der Waals surface area contributed by atoms with E-state index in [1.165, 1.54) is 0 Å². The number of carbonyl (C=O) groups excluding carboxylic acids is 2. The average Bonchev–Trinajstić information content (AvgIpc) is 3.16. The van der Waals surface area contributed by atoms with Crippen LogP contribution in [0.1, 0.15) is 67.2 Å². The van der Waals surface area contributed by atoms with Crippen LogP contribution in [-0.2, 0) is 9.59 Å². The molecular weight excluding hydrogens is 604 g/mol.